The van der Waals surface area contributed by atoms with Crippen molar-refractivity contribution >= 4 is 18.1 Å². The summed E-state index contributed by atoms with van der Waals surface area (Å²) in [4.78, 5) is 35.4. The monoisotopic (exact) mass is 685 g/mol. The molecule has 0 saturated carbocycles. The third-order valence-electron chi connectivity index (χ3n) is 7.63. The predicted octanol–water partition coefficient (Wildman–Crippen LogP) is 8.79. The number of alkyl carbamates (subject to hydrolysis) is 1. The molecule has 0 radical (unpaired) electrons. The number of benzene rings is 2. The number of hydrogen-bond acceptors (Lipinski definition) is 7. The number of likely N-dealkylation sites (tertiary alicyclic amines) is 1. The lowest BCUT2D eigenvalue weighted by molar-refractivity contribution is -0.138. The first-order valence-electron chi connectivity index (χ1n) is 16.3. The fourth-order valence-corrected chi connectivity index (χ4v) is 5.34. The van der Waals surface area contributed by atoms with E-state index in [1.54, 1.807) is 52.5 Å². The first kappa shape index (κ1) is 37.4. The van der Waals surface area contributed by atoms with Gasteiger partial charge in [0.2, 0.25) is 17.7 Å². The number of carbonyl (C=O) groups is 2. The Labute approximate surface area is 285 Å². The smallest absolute Gasteiger partial charge is 0.437 e. The number of aliphatic imine (C=N–C) groups is 1. The topological polar surface area (TPSA) is 119 Å². The van der Waals surface area contributed by atoms with Crippen molar-refractivity contribution in [1.82, 2.24) is 20.4 Å². The molecule has 266 valence electrons. The molecular formula is C36H46F3N5O5. The fraction of sp³-hybridized carbons (Fsp3) is 0.528. The summed E-state index contributed by atoms with van der Waals surface area (Å²) in [5.41, 5.74) is -0.0410. The van der Waals surface area contributed by atoms with Gasteiger partial charge < -0.3 is 18.9 Å². The van der Waals surface area contributed by atoms with Gasteiger partial charge in [0.1, 0.15) is 17.2 Å². The second-order valence-electron chi connectivity index (χ2n) is 15.2. The third kappa shape index (κ3) is 10.5. The molecule has 0 spiro atoms. The average Bonchev–Trinajstić information content (AvgIpc) is 3.63. The highest BCUT2D eigenvalue weighted by atomic mass is 19.4. The summed E-state index contributed by atoms with van der Waals surface area (Å²) in [6.07, 6.45) is -4.64. The van der Waals surface area contributed by atoms with Crippen molar-refractivity contribution in [3.8, 4) is 11.4 Å². The summed E-state index contributed by atoms with van der Waals surface area (Å²) in [7, 11) is 0. The molecule has 13 heteroatoms. The van der Waals surface area contributed by atoms with E-state index in [1.165, 1.54) is 6.07 Å². The molecule has 49 heavy (non-hydrogen) atoms. The summed E-state index contributed by atoms with van der Waals surface area (Å²) in [5.74, 6) is -0.0726. The van der Waals surface area contributed by atoms with Crippen LogP contribution >= 0.6 is 0 Å². The SMILES string of the molecule is CC(C)(C)OC(=O)/N=C(/NC(=O)OC(C)(C)C)N1CCC[C@H]1c1nc(-c2ccc(CCc3ccc(C(C)(C)C)cc3)c(C(F)(F)F)c2)no1. The minimum absolute atomic E-state index is 0.0180. The standard InChI is InChI=1S/C36H46F3N5O5/c1-33(2,3)25-18-13-22(14-19-25)12-15-23-16-17-24(21-26(23)36(37,38)39)28-40-29(49-43-28)27-11-10-20-44(27)30(41-31(45)47-34(4,5)6)42-32(46)48-35(7,8)9/h13-14,16-19,21,27H,10-12,15,20H2,1-9H3,(H,41,42,45,46)/t27-/m0/s1. The van der Waals surface area contributed by atoms with Crippen LogP contribution in [0.25, 0.3) is 11.4 Å². The number of halogens is 3. The summed E-state index contributed by atoms with van der Waals surface area (Å²) in [6.45, 7) is 16.8. The molecular weight excluding hydrogens is 639 g/mol. The maximum Gasteiger partial charge on any atom is 0.437 e. The Morgan fingerprint density at radius 3 is 2.18 bits per heavy atom. The molecule has 2 heterocycles. The second-order valence-corrected chi connectivity index (χ2v) is 15.2. The van der Waals surface area contributed by atoms with E-state index in [-0.39, 0.29) is 40.6 Å². The van der Waals surface area contributed by atoms with Gasteiger partial charge in [0.15, 0.2) is 0 Å². The van der Waals surface area contributed by atoms with Gasteiger partial charge in [-0.05, 0) is 95.4 Å². The van der Waals surface area contributed by atoms with Crippen LogP contribution in [0.3, 0.4) is 0 Å². The van der Waals surface area contributed by atoms with Crippen LogP contribution in [-0.4, -0.2) is 50.9 Å². The molecule has 10 nitrogen and oxygen atoms in total. The van der Waals surface area contributed by atoms with E-state index < -0.39 is 41.2 Å². The Hall–Kier alpha value is -4.42. The lowest BCUT2D eigenvalue weighted by Crippen LogP contribution is -2.46. The number of rotatable bonds is 5. The number of guanidine groups is 1. The van der Waals surface area contributed by atoms with Gasteiger partial charge in [0.05, 0.1) is 5.56 Å². The van der Waals surface area contributed by atoms with Gasteiger partial charge in [-0.25, -0.2) is 9.59 Å². The molecule has 0 bridgehead atoms. The number of alkyl halides is 3. The maximum absolute atomic E-state index is 14.3. The molecule has 1 fully saturated rings. The largest absolute Gasteiger partial charge is 0.444 e. The van der Waals surface area contributed by atoms with Gasteiger partial charge in [-0.1, -0.05) is 62.3 Å². The quantitative estimate of drug-likeness (QED) is 0.209. The number of aryl methyl sites for hydroxylation is 2. The van der Waals surface area contributed by atoms with Gasteiger partial charge in [0, 0.05) is 12.1 Å². The van der Waals surface area contributed by atoms with Gasteiger partial charge >= 0.3 is 18.4 Å². The van der Waals surface area contributed by atoms with E-state index in [4.69, 9.17) is 14.0 Å². The first-order valence-corrected chi connectivity index (χ1v) is 16.3. The molecule has 1 aliphatic heterocycles. The number of ether oxygens (including phenoxy) is 2. The molecule has 1 N–H and O–H groups in total. The summed E-state index contributed by atoms with van der Waals surface area (Å²) in [5, 5.41) is 6.53. The number of carbonyl (C=O) groups excluding carboxylic acids is 2. The normalized spacial score (nSPS) is 16.1. The predicted molar refractivity (Wildman–Crippen MR) is 179 cm³/mol. The Balaban J connectivity index is 1.58. The van der Waals surface area contributed by atoms with E-state index in [0.29, 0.717) is 25.8 Å². The molecule has 1 saturated heterocycles. The molecule has 0 aliphatic carbocycles. The van der Waals surface area contributed by atoms with Crippen molar-refractivity contribution in [3.63, 3.8) is 0 Å². The van der Waals surface area contributed by atoms with Crippen LogP contribution in [0.4, 0.5) is 22.8 Å². The Bertz CT molecular complexity index is 1660. The first-order chi connectivity index (χ1) is 22.6. The molecule has 1 atom stereocenters. The second kappa shape index (κ2) is 14.2. The zero-order valence-corrected chi connectivity index (χ0v) is 29.6. The number of amides is 2. The van der Waals surface area contributed by atoms with Crippen molar-refractivity contribution in [2.24, 2.45) is 4.99 Å². The lowest BCUT2D eigenvalue weighted by Gasteiger charge is -2.27. The third-order valence-corrected chi connectivity index (χ3v) is 7.63. The van der Waals surface area contributed by atoms with Crippen molar-refractivity contribution in [1.29, 1.82) is 0 Å². The van der Waals surface area contributed by atoms with E-state index in [1.807, 2.05) is 24.3 Å². The Morgan fingerprint density at radius 2 is 1.59 bits per heavy atom. The van der Waals surface area contributed by atoms with Gasteiger partial charge in [-0.2, -0.15) is 18.2 Å². The summed E-state index contributed by atoms with van der Waals surface area (Å²) in [6, 6.07) is 11.4. The number of hydrogen-bond donors (Lipinski definition) is 1. The van der Waals surface area contributed by atoms with Crippen molar-refractivity contribution in [2.45, 2.75) is 117 Å². The van der Waals surface area contributed by atoms with Crippen molar-refractivity contribution < 1.29 is 36.8 Å². The molecule has 1 aromatic heterocycles. The molecule has 3 aromatic rings. The summed E-state index contributed by atoms with van der Waals surface area (Å²) < 4.78 is 59.1. The zero-order chi connectivity index (χ0) is 36.4. The van der Waals surface area contributed by atoms with Gasteiger partial charge in [-0.15, -0.1) is 4.99 Å². The lowest BCUT2D eigenvalue weighted by atomic mass is 9.86. The zero-order valence-electron chi connectivity index (χ0n) is 29.6. The van der Waals surface area contributed by atoms with Crippen molar-refractivity contribution in [2.75, 3.05) is 6.54 Å². The van der Waals surface area contributed by atoms with Crippen LogP contribution in [0.1, 0.15) is 109 Å². The summed E-state index contributed by atoms with van der Waals surface area (Å²) >= 11 is 0. The molecule has 2 aromatic carbocycles. The van der Waals surface area contributed by atoms with E-state index >= 15 is 0 Å². The van der Waals surface area contributed by atoms with Crippen LogP contribution in [-0.2, 0) is 33.9 Å². The average molecular weight is 686 g/mol. The molecule has 1 aliphatic rings. The van der Waals surface area contributed by atoms with Crippen molar-refractivity contribution in [3.05, 3.63) is 70.6 Å². The highest BCUT2D eigenvalue weighted by Crippen LogP contribution is 2.37. The number of nitrogens with zero attached hydrogens (tertiary/aromatic N) is 4. The van der Waals surface area contributed by atoms with Crippen LogP contribution in [0, 0.1) is 0 Å². The van der Waals surface area contributed by atoms with Crippen LogP contribution < -0.4 is 5.32 Å². The number of aromatic nitrogens is 2. The molecule has 2 amide bonds. The van der Waals surface area contributed by atoms with Crippen LogP contribution in [0.5, 0.6) is 0 Å². The Kier molecular flexibility index (Phi) is 10.8. The number of nitrogens with one attached hydrogen (secondary N) is 1. The fourth-order valence-electron chi connectivity index (χ4n) is 5.34. The van der Waals surface area contributed by atoms with Crippen LogP contribution in [0.15, 0.2) is 52.0 Å². The van der Waals surface area contributed by atoms with E-state index in [9.17, 15) is 22.8 Å². The minimum Gasteiger partial charge on any atom is -0.444 e. The Morgan fingerprint density at radius 1 is 0.939 bits per heavy atom. The maximum atomic E-state index is 14.3. The van der Waals surface area contributed by atoms with Crippen LogP contribution in [0.2, 0.25) is 0 Å². The van der Waals surface area contributed by atoms with Gasteiger partial charge in [-0.3, -0.25) is 5.32 Å². The molecule has 4 rings (SSSR count). The molecule has 0 unspecified atom stereocenters. The highest BCUT2D eigenvalue weighted by molar-refractivity contribution is 5.99. The van der Waals surface area contributed by atoms with E-state index in [2.05, 4.69) is 41.2 Å². The minimum atomic E-state index is -4.60. The van der Waals surface area contributed by atoms with E-state index in [0.717, 1.165) is 17.2 Å². The van der Waals surface area contributed by atoms with Gasteiger partial charge in [0.25, 0.3) is 0 Å². The highest BCUT2D eigenvalue weighted by Gasteiger charge is 2.37.